The number of para-hydroxylation sites is 1. The van der Waals surface area contributed by atoms with Gasteiger partial charge in [-0.2, -0.15) is 5.26 Å². The van der Waals surface area contributed by atoms with Crippen molar-refractivity contribution in [3.05, 3.63) is 53.3 Å². The van der Waals surface area contributed by atoms with Gasteiger partial charge in [-0.15, -0.1) is 0 Å². The summed E-state index contributed by atoms with van der Waals surface area (Å²) in [4.78, 5) is 4.24. The second kappa shape index (κ2) is 5.33. The van der Waals surface area contributed by atoms with Crippen molar-refractivity contribution in [1.82, 2.24) is 4.98 Å². The van der Waals surface area contributed by atoms with Gasteiger partial charge in [0.15, 0.2) is 0 Å². The maximum absolute atomic E-state index is 9.18. The van der Waals surface area contributed by atoms with E-state index in [1.165, 1.54) is 0 Å². The molecule has 0 saturated heterocycles. The topological polar surface area (TPSA) is 48.7 Å². The van der Waals surface area contributed by atoms with Crippen LogP contribution in [0.2, 0.25) is 0 Å². The summed E-state index contributed by atoms with van der Waals surface area (Å²) < 4.78 is 0. The maximum atomic E-state index is 9.18. The lowest BCUT2D eigenvalue weighted by Crippen LogP contribution is -2.00. The van der Waals surface area contributed by atoms with Crippen LogP contribution in [0.5, 0.6) is 0 Å². The monoisotopic (exact) mass is 237 g/mol. The third-order valence-electron chi connectivity index (χ3n) is 2.92. The first-order valence-corrected chi connectivity index (χ1v) is 5.97. The van der Waals surface area contributed by atoms with Crippen LogP contribution in [-0.4, -0.2) is 4.98 Å². The number of nitrogens with zero attached hydrogens (tertiary/aromatic N) is 2. The van der Waals surface area contributed by atoms with Crippen molar-refractivity contribution in [2.45, 2.75) is 20.3 Å². The minimum absolute atomic E-state index is 0.664. The van der Waals surface area contributed by atoms with E-state index in [-0.39, 0.29) is 0 Å². The van der Waals surface area contributed by atoms with Gasteiger partial charge < -0.3 is 5.32 Å². The first kappa shape index (κ1) is 12.1. The van der Waals surface area contributed by atoms with Gasteiger partial charge in [-0.05, 0) is 37.1 Å². The number of nitriles is 1. The van der Waals surface area contributed by atoms with E-state index in [4.69, 9.17) is 0 Å². The van der Waals surface area contributed by atoms with Crippen LogP contribution in [0.4, 0.5) is 11.4 Å². The molecule has 90 valence electrons. The molecule has 0 amide bonds. The van der Waals surface area contributed by atoms with E-state index in [1.807, 2.05) is 37.3 Å². The highest BCUT2D eigenvalue weighted by Crippen LogP contribution is 2.26. The van der Waals surface area contributed by atoms with Gasteiger partial charge in [-0.25, -0.2) is 0 Å². The Bertz CT molecular complexity index is 597. The predicted octanol–water partition coefficient (Wildman–Crippen LogP) is 3.57. The zero-order valence-electron chi connectivity index (χ0n) is 10.6. The molecular formula is C15H15N3. The van der Waals surface area contributed by atoms with Crippen molar-refractivity contribution in [1.29, 1.82) is 5.26 Å². The van der Waals surface area contributed by atoms with E-state index in [0.717, 1.165) is 29.1 Å². The predicted molar refractivity (Wildman–Crippen MR) is 72.8 cm³/mol. The van der Waals surface area contributed by atoms with E-state index in [0.29, 0.717) is 5.56 Å². The highest BCUT2D eigenvalue weighted by molar-refractivity contribution is 5.71. The molecule has 18 heavy (non-hydrogen) atoms. The number of aryl methyl sites for hydroxylation is 2. The minimum Gasteiger partial charge on any atom is -0.353 e. The summed E-state index contributed by atoms with van der Waals surface area (Å²) in [6, 6.07) is 11.9. The molecule has 0 saturated carbocycles. The van der Waals surface area contributed by atoms with Crippen molar-refractivity contribution in [2.75, 3.05) is 5.32 Å². The lowest BCUT2D eigenvalue weighted by molar-refractivity contribution is 1.13. The molecule has 2 aromatic rings. The molecule has 0 spiro atoms. The Labute approximate surface area is 107 Å². The summed E-state index contributed by atoms with van der Waals surface area (Å²) >= 11 is 0. The number of pyridine rings is 1. The fourth-order valence-electron chi connectivity index (χ4n) is 1.89. The average Bonchev–Trinajstić information content (AvgIpc) is 2.41. The number of aromatic nitrogens is 1. The van der Waals surface area contributed by atoms with E-state index < -0.39 is 0 Å². The summed E-state index contributed by atoms with van der Waals surface area (Å²) in [5.74, 6) is 0. The van der Waals surface area contributed by atoms with Gasteiger partial charge in [0.25, 0.3) is 0 Å². The molecule has 1 aromatic carbocycles. The molecule has 0 aliphatic heterocycles. The van der Waals surface area contributed by atoms with Crippen LogP contribution < -0.4 is 5.32 Å². The van der Waals surface area contributed by atoms with E-state index in [2.05, 4.69) is 23.3 Å². The Balaban J connectivity index is 2.46. The van der Waals surface area contributed by atoms with Gasteiger partial charge in [0.05, 0.1) is 22.6 Å². The lowest BCUT2D eigenvalue weighted by Gasteiger charge is -2.13. The first-order valence-electron chi connectivity index (χ1n) is 5.97. The Hall–Kier alpha value is -2.34. The molecule has 1 N–H and O–H groups in total. The summed E-state index contributed by atoms with van der Waals surface area (Å²) in [7, 11) is 0. The number of rotatable bonds is 3. The SMILES string of the molecule is CCc1cccc(C#N)c1Nc1cccnc1C. The van der Waals surface area contributed by atoms with Crippen LogP contribution in [0.25, 0.3) is 0 Å². The smallest absolute Gasteiger partial charge is 0.101 e. The molecule has 0 unspecified atom stereocenters. The van der Waals surface area contributed by atoms with Crippen LogP contribution in [0.15, 0.2) is 36.5 Å². The van der Waals surface area contributed by atoms with Crippen molar-refractivity contribution in [3.63, 3.8) is 0 Å². The Morgan fingerprint density at radius 2 is 2.11 bits per heavy atom. The van der Waals surface area contributed by atoms with E-state index >= 15 is 0 Å². The fraction of sp³-hybridized carbons (Fsp3) is 0.200. The van der Waals surface area contributed by atoms with Crippen molar-refractivity contribution >= 4 is 11.4 Å². The fourth-order valence-corrected chi connectivity index (χ4v) is 1.89. The summed E-state index contributed by atoms with van der Waals surface area (Å²) in [6.45, 7) is 4.03. The minimum atomic E-state index is 0.664. The van der Waals surface area contributed by atoms with Crippen LogP contribution in [-0.2, 0) is 6.42 Å². The Morgan fingerprint density at radius 1 is 1.28 bits per heavy atom. The molecule has 1 aromatic heterocycles. The molecule has 0 aliphatic carbocycles. The molecular weight excluding hydrogens is 222 g/mol. The summed E-state index contributed by atoms with van der Waals surface area (Å²) in [6.07, 6.45) is 2.65. The zero-order chi connectivity index (χ0) is 13.0. The molecule has 3 heteroatoms. The largest absolute Gasteiger partial charge is 0.353 e. The molecule has 3 nitrogen and oxygen atoms in total. The molecule has 0 aliphatic rings. The number of hydrogen-bond donors (Lipinski definition) is 1. The van der Waals surface area contributed by atoms with Gasteiger partial charge in [0.1, 0.15) is 6.07 Å². The average molecular weight is 237 g/mol. The molecule has 0 fully saturated rings. The van der Waals surface area contributed by atoms with Crippen LogP contribution >= 0.6 is 0 Å². The van der Waals surface area contributed by atoms with Crippen LogP contribution in [0, 0.1) is 18.3 Å². The van der Waals surface area contributed by atoms with Crippen LogP contribution in [0.1, 0.15) is 23.7 Å². The molecule has 1 heterocycles. The molecule has 0 atom stereocenters. The summed E-state index contributed by atoms with van der Waals surface area (Å²) in [5, 5.41) is 12.5. The van der Waals surface area contributed by atoms with Gasteiger partial charge in [-0.1, -0.05) is 19.1 Å². The van der Waals surface area contributed by atoms with Crippen LogP contribution in [0.3, 0.4) is 0 Å². The first-order chi connectivity index (χ1) is 8.76. The lowest BCUT2D eigenvalue weighted by atomic mass is 10.1. The number of nitrogens with one attached hydrogen (secondary N) is 1. The van der Waals surface area contributed by atoms with E-state index in [9.17, 15) is 5.26 Å². The second-order valence-corrected chi connectivity index (χ2v) is 4.07. The highest BCUT2D eigenvalue weighted by Gasteiger charge is 2.08. The molecule has 0 bridgehead atoms. The van der Waals surface area contributed by atoms with Gasteiger partial charge in [-0.3, -0.25) is 4.98 Å². The quantitative estimate of drug-likeness (QED) is 0.887. The molecule has 0 radical (unpaired) electrons. The van der Waals surface area contributed by atoms with Crippen molar-refractivity contribution < 1.29 is 0 Å². The van der Waals surface area contributed by atoms with Crippen molar-refractivity contribution in [3.8, 4) is 6.07 Å². The summed E-state index contributed by atoms with van der Waals surface area (Å²) in [5.41, 5.74) is 4.55. The Kier molecular flexibility index (Phi) is 3.59. The second-order valence-electron chi connectivity index (χ2n) is 4.07. The van der Waals surface area contributed by atoms with Gasteiger partial charge in [0, 0.05) is 6.20 Å². The third-order valence-corrected chi connectivity index (χ3v) is 2.92. The normalized spacial score (nSPS) is 9.83. The zero-order valence-corrected chi connectivity index (χ0v) is 10.6. The number of hydrogen-bond acceptors (Lipinski definition) is 3. The standard InChI is InChI=1S/C15H15N3/c1-3-12-6-4-7-13(10-16)15(12)18-14-8-5-9-17-11(14)2/h4-9,18H,3H2,1-2H3. The Morgan fingerprint density at radius 3 is 2.78 bits per heavy atom. The number of benzene rings is 1. The number of anilines is 2. The third kappa shape index (κ3) is 2.33. The molecule has 2 rings (SSSR count). The maximum Gasteiger partial charge on any atom is 0.101 e. The van der Waals surface area contributed by atoms with Gasteiger partial charge in [0.2, 0.25) is 0 Å². The van der Waals surface area contributed by atoms with E-state index in [1.54, 1.807) is 6.20 Å². The van der Waals surface area contributed by atoms with Crippen molar-refractivity contribution in [2.24, 2.45) is 0 Å². The van der Waals surface area contributed by atoms with Gasteiger partial charge >= 0.3 is 0 Å². The highest BCUT2D eigenvalue weighted by atomic mass is 14.9.